The first-order valence-electron chi connectivity index (χ1n) is 3.02. The van der Waals surface area contributed by atoms with Gasteiger partial charge in [0.2, 0.25) is 7.60 Å². The molecule has 0 unspecified atom stereocenters. The SMILES string of the molecule is CCOP(=O)([CH-]F)OCC.[Zn]. The Morgan fingerprint density at radius 3 is 1.91 bits per heavy atom. The molecule has 0 N–H and O–H groups in total. The first-order valence-corrected chi connectivity index (χ1v) is 4.63. The summed E-state index contributed by atoms with van der Waals surface area (Å²) in [6.45, 7) is 3.60. The molecule has 6 heteroatoms. The Morgan fingerprint density at radius 2 is 1.73 bits per heavy atom. The van der Waals surface area contributed by atoms with Crippen molar-refractivity contribution in [3.63, 3.8) is 0 Å². The van der Waals surface area contributed by atoms with Crippen LogP contribution in [0.2, 0.25) is 0 Å². The summed E-state index contributed by atoms with van der Waals surface area (Å²) < 4.78 is 31.7. The molecule has 0 saturated carbocycles. The largest absolute Gasteiger partial charge is 0.447 e. The van der Waals surface area contributed by atoms with E-state index in [1.807, 2.05) is 0 Å². The normalized spacial score (nSPS) is 10.8. The second kappa shape index (κ2) is 7.36. The zero-order valence-electron chi connectivity index (χ0n) is 6.75. The van der Waals surface area contributed by atoms with Gasteiger partial charge in [-0.25, -0.2) is 0 Å². The third kappa shape index (κ3) is 5.92. The van der Waals surface area contributed by atoms with Gasteiger partial charge in [-0.1, -0.05) is 6.42 Å². The van der Waals surface area contributed by atoms with E-state index in [9.17, 15) is 8.96 Å². The van der Waals surface area contributed by atoms with E-state index in [2.05, 4.69) is 9.05 Å². The zero-order chi connectivity index (χ0) is 8.04. The maximum Gasteiger partial charge on any atom is 0.216 e. The average Bonchev–Trinajstić information content (AvgIpc) is 1.89. The minimum Gasteiger partial charge on any atom is -0.447 e. The van der Waals surface area contributed by atoms with Crippen molar-refractivity contribution < 1.29 is 37.5 Å². The van der Waals surface area contributed by atoms with E-state index in [1.54, 1.807) is 13.8 Å². The predicted molar refractivity (Wildman–Crippen MR) is 36.3 cm³/mol. The van der Waals surface area contributed by atoms with Crippen molar-refractivity contribution in [1.29, 1.82) is 0 Å². The monoisotopic (exact) mass is 233 g/mol. The second-order valence-corrected chi connectivity index (χ2v) is 3.26. The summed E-state index contributed by atoms with van der Waals surface area (Å²) in [4.78, 5) is 0. The van der Waals surface area contributed by atoms with E-state index in [0.717, 1.165) is 0 Å². The Labute approximate surface area is 78.9 Å². The van der Waals surface area contributed by atoms with Gasteiger partial charge in [0.15, 0.2) is 0 Å². The Morgan fingerprint density at radius 1 is 1.36 bits per heavy atom. The van der Waals surface area contributed by atoms with Crippen LogP contribution in [0.15, 0.2) is 0 Å². The minimum absolute atomic E-state index is 0. The predicted octanol–water partition coefficient (Wildman–Crippen LogP) is 2.34. The summed E-state index contributed by atoms with van der Waals surface area (Å²) in [5.41, 5.74) is 0. The summed E-state index contributed by atoms with van der Waals surface area (Å²) in [6.07, 6.45) is -0.0278. The standard InChI is InChI=1S/C5H11FO3P.Zn/c1-3-8-10(7,5-6)9-4-2;/h5H,3-4H2,1-2H3;/q-1;. The van der Waals surface area contributed by atoms with Gasteiger partial charge in [0.1, 0.15) is 0 Å². The third-order valence-corrected chi connectivity index (χ3v) is 2.21. The first kappa shape index (κ1) is 14.2. The molecule has 0 spiro atoms. The van der Waals surface area contributed by atoms with Crippen molar-refractivity contribution in [1.82, 2.24) is 0 Å². The van der Waals surface area contributed by atoms with Gasteiger partial charge in [0, 0.05) is 19.5 Å². The molecule has 0 aliphatic rings. The summed E-state index contributed by atoms with van der Waals surface area (Å²) in [5, 5.41) is 0. The van der Waals surface area contributed by atoms with Gasteiger partial charge >= 0.3 is 0 Å². The Kier molecular flexibility index (Phi) is 9.52. The van der Waals surface area contributed by atoms with Crippen molar-refractivity contribution >= 4 is 7.60 Å². The summed E-state index contributed by atoms with van der Waals surface area (Å²) in [7, 11) is -3.49. The molecular formula is C5H11FO3PZn-. The molecule has 0 heterocycles. The minimum atomic E-state index is -3.49. The van der Waals surface area contributed by atoms with Crippen LogP contribution in [0.3, 0.4) is 0 Å². The smallest absolute Gasteiger partial charge is 0.216 e. The molecule has 0 atom stereocenters. The van der Waals surface area contributed by atoms with Crippen LogP contribution in [0, 0.1) is 6.42 Å². The van der Waals surface area contributed by atoms with E-state index in [1.165, 1.54) is 0 Å². The molecule has 0 aliphatic carbocycles. The molecule has 0 amide bonds. The summed E-state index contributed by atoms with van der Waals surface area (Å²) >= 11 is 0. The average molecular weight is 235 g/mol. The van der Waals surface area contributed by atoms with Crippen LogP contribution in [0.25, 0.3) is 0 Å². The molecule has 0 aliphatic heterocycles. The van der Waals surface area contributed by atoms with Crippen molar-refractivity contribution in [2.24, 2.45) is 0 Å². The molecule has 0 bridgehead atoms. The summed E-state index contributed by atoms with van der Waals surface area (Å²) in [5.74, 6) is 0. The molecule has 0 aromatic rings. The van der Waals surface area contributed by atoms with Crippen LogP contribution in [0.5, 0.6) is 0 Å². The molecule has 0 fully saturated rings. The number of rotatable bonds is 5. The van der Waals surface area contributed by atoms with Crippen LogP contribution in [0.4, 0.5) is 4.39 Å². The molecule has 3 nitrogen and oxygen atoms in total. The molecule has 11 heavy (non-hydrogen) atoms. The molecular weight excluding hydrogens is 223 g/mol. The van der Waals surface area contributed by atoms with Crippen molar-refractivity contribution in [2.45, 2.75) is 13.8 Å². The quantitative estimate of drug-likeness (QED) is 0.416. The maximum atomic E-state index is 11.8. The fourth-order valence-electron chi connectivity index (χ4n) is 0.454. The van der Waals surface area contributed by atoms with Gasteiger partial charge in [0.05, 0.1) is 13.2 Å². The number of halogens is 1. The van der Waals surface area contributed by atoms with Gasteiger partial charge in [-0.2, -0.15) is 0 Å². The van der Waals surface area contributed by atoms with Crippen LogP contribution in [-0.2, 0) is 33.1 Å². The molecule has 0 radical (unpaired) electrons. The Balaban J connectivity index is 0. The maximum absolute atomic E-state index is 11.8. The van der Waals surface area contributed by atoms with Crippen LogP contribution < -0.4 is 0 Å². The second-order valence-electron chi connectivity index (χ2n) is 1.47. The van der Waals surface area contributed by atoms with Crippen LogP contribution in [-0.4, -0.2) is 13.2 Å². The van der Waals surface area contributed by atoms with E-state index in [4.69, 9.17) is 0 Å². The van der Waals surface area contributed by atoms with E-state index >= 15 is 0 Å². The molecule has 64 valence electrons. The van der Waals surface area contributed by atoms with Gasteiger partial charge in [-0.15, -0.1) is 0 Å². The molecule has 0 saturated heterocycles. The van der Waals surface area contributed by atoms with Gasteiger partial charge < -0.3 is 13.4 Å². The molecule has 0 aromatic carbocycles. The number of hydrogen-bond acceptors (Lipinski definition) is 3. The first-order chi connectivity index (χ1) is 4.68. The Bertz CT molecular complexity index is 123. The molecule has 0 rings (SSSR count). The van der Waals surface area contributed by atoms with Crippen molar-refractivity contribution in [2.75, 3.05) is 13.2 Å². The van der Waals surface area contributed by atoms with Gasteiger partial charge in [-0.3, -0.25) is 4.57 Å². The van der Waals surface area contributed by atoms with Crippen molar-refractivity contribution in [3.05, 3.63) is 6.42 Å². The fraction of sp³-hybridized carbons (Fsp3) is 0.800. The third-order valence-electron chi connectivity index (χ3n) is 0.738. The zero-order valence-corrected chi connectivity index (χ0v) is 10.6. The summed E-state index contributed by atoms with van der Waals surface area (Å²) in [6, 6.07) is 0. The van der Waals surface area contributed by atoms with Gasteiger partial charge in [-0.05, 0) is 13.8 Å². The van der Waals surface area contributed by atoms with Crippen LogP contribution >= 0.6 is 7.60 Å². The topological polar surface area (TPSA) is 35.5 Å². The fourth-order valence-corrected chi connectivity index (χ4v) is 1.36. The van der Waals surface area contributed by atoms with E-state index < -0.39 is 7.60 Å². The van der Waals surface area contributed by atoms with Crippen LogP contribution in [0.1, 0.15) is 13.8 Å². The Hall–Kier alpha value is 0.703. The molecule has 0 aromatic heterocycles. The number of hydrogen-bond donors (Lipinski definition) is 0. The van der Waals surface area contributed by atoms with Crippen molar-refractivity contribution in [3.8, 4) is 0 Å². The van der Waals surface area contributed by atoms with E-state index in [-0.39, 0.29) is 39.1 Å². The van der Waals surface area contributed by atoms with E-state index in [0.29, 0.717) is 0 Å². The van der Waals surface area contributed by atoms with Gasteiger partial charge in [0.25, 0.3) is 0 Å².